The number of Topliss-reactive ketones (excluding diaryl/α,β-unsaturated/α-hetero) is 1. The number of carboxylic acid groups (broad SMARTS) is 3. The Morgan fingerprint density at radius 1 is 0.667 bits per heavy atom. The van der Waals surface area contributed by atoms with Crippen LogP contribution in [0, 0.1) is 17.8 Å². The topological polar surface area (TPSA) is 324 Å². The number of nitrogens with one attached hydrogen (secondary N) is 6. The Balaban J connectivity index is 2.41. The first kappa shape index (κ1) is 52.7. The third kappa shape index (κ3) is 17.5. The molecular weight excluding hydrogens is 826 g/mol. The van der Waals surface area contributed by atoms with Crippen molar-refractivity contribution in [2.45, 2.75) is 129 Å². The average molecular weight is 888 g/mol. The summed E-state index contributed by atoms with van der Waals surface area (Å²) >= 11 is 0. The van der Waals surface area contributed by atoms with Crippen molar-refractivity contribution in [2.75, 3.05) is 13.1 Å². The number of benzene rings is 1. The van der Waals surface area contributed by atoms with Crippen molar-refractivity contribution < 1.29 is 68.1 Å². The fraction of sp³-hybridized carbons (Fsp3) is 0.595. The van der Waals surface area contributed by atoms with Crippen molar-refractivity contribution in [1.82, 2.24) is 36.8 Å². The van der Waals surface area contributed by atoms with Crippen molar-refractivity contribution in [1.29, 1.82) is 0 Å². The molecule has 21 heteroatoms. The van der Waals surface area contributed by atoms with E-state index in [1.165, 1.54) is 4.90 Å². The molecule has 7 atom stereocenters. The summed E-state index contributed by atoms with van der Waals surface area (Å²) in [5, 5.41) is 41.9. The smallest absolute Gasteiger partial charge is 0.322 e. The van der Waals surface area contributed by atoms with E-state index in [4.69, 9.17) is 10.2 Å². The minimum absolute atomic E-state index is 0.0353. The molecule has 1 heterocycles. The number of carbonyl (C=O) groups excluding carboxylic acids is 8. The Bertz CT molecular complexity index is 1840. The van der Waals surface area contributed by atoms with Crippen LogP contribution in [0.5, 0.6) is 0 Å². The van der Waals surface area contributed by atoms with Gasteiger partial charge in [-0.1, -0.05) is 71.4 Å². The van der Waals surface area contributed by atoms with Crippen LogP contribution in [-0.2, 0) is 59.2 Å². The SMILES string of the molecule is CCC[C@H](NC(=O)[C@@H]1C[C@@H](Cc2ccccc2)CN1C(=O)[C@@H](NC(=O)[C@@H](NC(=O)[C@H](CCC(=O)O)NC(=O)[C@H](CCC(=O)O)NC(C)=O)C(C)C)C(C)C)C(=O)C(=O)NCC(=O)O. The van der Waals surface area contributed by atoms with E-state index in [9.17, 15) is 57.8 Å². The molecule has 1 aliphatic rings. The lowest BCUT2D eigenvalue weighted by Gasteiger charge is -2.33. The van der Waals surface area contributed by atoms with Crippen molar-refractivity contribution in [3.05, 3.63) is 35.9 Å². The van der Waals surface area contributed by atoms with Gasteiger partial charge in [-0.25, -0.2) is 0 Å². The van der Waals surface area contributed by atoms with Crippen LogP contribution in [0.2, 0.25) is 0 Å². The summed E-state index contributed by atoms with van der Waals surface area (Å²) in [5.74, 6) is -12.5. The van der Waals surface area contributed by atoms with Crippen LogP contribution in [0.25, 0.3) is 0 Å². The summed E-state index contributed by atoms with van der Waals surface area (Å²) < 4.78 is 0. The summed E-state index contributed by atoms with van der Waals surface area (Å²) in [6, 6.07) is 1.25. The lowest BCUT2D eigenvalue weighted by molar-refractivity contribution is -0.145. The molecule has 63 heavy (non-hydrogen) atoms. The minimum Gasteiger partial charge on any atom is -0.481 e. The highest BCUT2D eigenvalue weighted by atomic mass is 16.4. The lowest BCUT2D eigenvalue weighted by atomic mass is 9.96. The van der Waals surface area contributed by atoms with Gasteiger partial charge in [0.25, 0.3) is 5.91 Å². The van der Waals surface area contributed by atoms with Gasteiger partial charge in [-0.05, 0) is 55.4 Å². The summed E-state index contributed by atoms with van der Waals surface area (Å²) in [7, 11) is 0. The van der Waals surface area contributed by atoms with E-state index in [0.29, 0.717) is 12.8 Å². The fourth-order valence-corrected chi connectivity index (χ4v) is 7.05. The first-order chi connectivity index (χ1) is 29.5. The number of nitrogens with zero attached hydrogens (tertiary/aromatic N) is 1. The average Bonchev–Trinajstić information content (AvgIpc) is 3.63. The van der Waals surface area contributed by atoms with Gasteiger partial charge in [0.05, 0.1) is 6.04 Å². The van der Waals surface area contributed by atoms with E-state index >= 15 is 0 Å². The number of carboxylic acids is 3. The predicted molar refractivity (Wildman–Crippen MR) is 223 cm³/mol. The van der Waals surface area contributed by atoms with E-state index in [1.807, 2.05) is 35.6 Å². The maximum Gasteiger partial charge on any atom is 0.322 e. The van der Waals surface area contributed by atoms with Crippen molar-refractivity contribution in [2.24, 2.45) is 17.8 Å². The first-order valence-corrected chi connectivity index (χ1v) is 20.9. The zero-order chi connectivity index (χ0) is 47.6. The highest BCUT2D eigenvalue weighted by molar-refractivity contribution is 6.38. The number of hydrogen-bond acceptors (Lipinski definition) is 11. The second-order valence-electron chi connectivity index (χ2n) is 16.2. The molecule has 0 radical (unpaired) electrons. The maximum absolute atomic E-state index is 14.6. The van der Waals surface area contributed by atoms with E-state index < -0.39 is 139 Å². The van der Waals surface area contributed by atoms with Gasteiger partial charge in [-0.15, -0.1) is 0 Å². The third-order valence-electron chi connectivity index (χ3n) is 10.3. The van der Waals surface area contributed by atoms with Crippen LogP contribution >= 0.6 is 0 Å². The number of aliphatic carboxylic acids is 3. The van der Waals surface area contributed by atoms with E-state index in [0.717, 1.165) is 12.5 Å². The fourth-order valence-electron chi connectivity index (χ4n) is 7.05. The Kier molecular flexibility index (Phi) is 21.3. The number of hydrogen-bond donors (Lipinski definition) is 9. The molecule has 9 N–H and O–H groups in total. The quantitative estimate of drug-likeness (QED) is 0.0530. The number of carbonyl (C=O) groups is 11. The summed E-state index contributed by atoms with van der Waals surface area (Å²) in [6.07, 6.45) is -0.886. The monoisotopic (exact) mass is 887 g/mol. The molecule has 0 aliphatic carbocycles. The molecule has 1 aromatic carbocycles. The molecule has 1 fully saturated rings. The van der Waals surface area contributed by atoms with Crippen LogP contribution in [0.3, 0.4) is 0 Å². The van der Waals surface area contributed by atoms with E-state index in [-0.39, 0.29) is 31.7 Å². The molecule has 0 spiro atoms. The van der Waals surface area contributed by atoms with Crippen LogP contribution in [0.15, 0.2) is 30.3 Å². The Labute approximate surface area is 365 Å². The Hall–Kier alpha value is -6.41. The standard InChI is InChI=1S/C42H61N7O14/c1-7-11-27(36(57)41(62)43-20-33(55)56)45-39(60)30-19-26(18-25-12-9-8-10-13-25)21-49(30)42(63)35(23(4)5)48-40(61)34(22(2)3)47-38(59)29(15-17-32(53)54)46-37(58)28(44-24(6)50)14-16-31(51)52/h8-10,12-13,22-23,26-30,34-35H,7,11,14-21H2,1-6H3,(H,43,62)(H,44,50)(H,45,60)(H,46,58)(H,47,59)(H,48,61)(H,51,52)(H,53,54)(H,55,56)/t26-,27+,28+,29+,30+,34+,35+/m1/s1. The molecule has 2 rings (SSSR count). The van der Waals surface area contributed by atoms with Gasteiger partial charge in [-0.3, -0.25) is 52.7 Å². The van der Waals surface area contributed by atoms with Crippen molar-refractivity contribution in [3.63, 3.8) is 0 Å². The van der Waals surface area contributed by atoms with Gasteiger partial charge in [0.1, 0.15) is 36.8 Å². The van der Waals surface area contributed by atoms with E-state index in [2.05, 4.69) is 26.6 Å². The van der Waals surface area contributed by atoms with Gasteiger partial charge in [0.2, 0.25) is 41.2 Å². The normalized spacial score (nSPS) is 17.0. The second kappa shape index (κ2) is 25.5. The number of rotatable bonds is 26. The van der Waals surface area contributed by atoms with Crippen molar-refractivity contribution in [3.8, 4) is 0 Å². The molecule has 21 nitrogen and oxygen atoms in total. The highest BCUT2D eigenvalue weighted by Crippen LogP contribution is 2.29. The number of amides is 7. The molecule has 0 aromatic heterocycles. The van der Waals surface area contributed by atoms with Gasteiger partial charge in [-0.2, -0.15) is 0 Å². The largest absolute Gasteiger partial charge is 0.481 e. The molecule has 348 valence electrons. The van der Waals surface area contributed by atoms with Crippen LogP contribution in [0.4, 0.5) is 0 Å². The van der Waals surface area contributed by atoms with Crippen molar-refractivity contribution >= 4 is 65.0 Å². The molecule has 0 unspecified atom stereocenters. The number of likely N-dealkylation sites (tertiary alicyclic amines) is 1. The maximum atomic E-state index is 14.6. The molecule has 0 bridgehead atoms. The summed E-state index contributed by atoms with van der Waals surface area (Å²) in [5.41, 5.74) is 0.929. The van der Waals surface area contributed by atoms with Gasteiger partial charge in [0.15, 0.2) is 0 Å². The summed E-state index contributed by atoms with van der Waals surface area (Å²) in [6.45, 7) is 8.54. The summed E-state index contributed by atoms with van der Waals surface area (Å²) in [4.78, 5) is 142. The lowest BCUT2D eigenvalue weighted by Crippen LogP contribution is -2.61. The minimum atomic E-state index is -1.55. The van der Waals surface area contributed by atoms with E-state index in [1.54, 1.807) is 34.6 Å². The Morgan fingerprint density at radius 3 is 1.71 bits per heavy atom. The first-order valence-electron chi connectivity index (χ1n) is 20.9. The van der Waals surface area contributed by atoms with Gasteiger partial charge < -0.3 is 52.1 Å². The van der Waals surface area contributed by atoms with Crippen LogP contribution in [-0.4, -0.2) is 135 Å². The molecule has 0 saturated carbocycles. The van der Waals surface area contributed by atoms with Crippen LogP contribution in [0.1, 0.15) is 92.1 Å². The van der Waals surface area contributed by atoms with Crippen LogP contribution < -0.4 is 31.9 Å². The molecule has 1 aromatic rings. The molecule has 1 saturated heterocycles. The third-order valence-corrected chi connectivity index (χ3v) is 10.3. The van der Waals surface area contributed by atoms with Gasteiger partial charge in [0, 0.05) is 26.3 Å². The Morgan fingerprint density at radius 2 is 1.21 bits per heavy atom. The molecule has 7 amide bonds. The zero-order valence-electron chi connectivity index (χ0n) is 36.4. The predicted octanol–water partition coefficient (Wildman–Crippen LogP) is -0.498. The molecule has 1 aliphatic heterocycles. The van der Waals surface area contributed by atoms with Gasteiger partial charge >= 0.3 is 17.9 Å². The highest BCUT2D eigenvalue weighted by Gasteiger charge is 2.44. The zero-order valence-corrected chi connectivity index (χ0v) is 36.4. The number of ketones is 1. The molecular formula is C42H61N7O14. The second-order valence-corrected chi connectivity index (χ2v) is 16.2.